The average Bonchev–Trinajstić information content (AvgIpc) is 2.18. The molecule has 0 amide bonds. The first-order valence-electron chi connectivity index (χ1n) is 5.47. The standard InChI is InChI=1S/C11H20N4/c1-5-15(6-2)10-7-9(12)13-11(14-10)8(3)4/h7-8H,5-6H2,1-4H3,(H2,12,13,14). The fourth-order valence-electron chi connectivity index (χ4n) is 1.44. The molecule has 15 heavy (non-hydrogen) atoms. The van der Waals surface area contributed by atoms with Crippen LogP contribution in [0.2, 0.25) is 0 Å². The van der Waals surface area contributed by atoms with Crippen molar-refractivity contribution in [3.05, 3.63) is 11.9 Å². The monoisotopic (exact) mass is 208 g/mol. The summed E-state index contributed by atoms with van der Waals surface area (Å²) in [5, 5.41) is 0. The zero-order valence-electron chi connectivity index (χ0n) is 9.99. The van der Waals surface area contributed by atoms with Crippen molar-refractivity contribution in [2.75, 3.05) is 23.7 Å². The van der Waals surface area contributed by atoms with E-state index in [1.807, 2.05) is 6.07 Å². The first-order valence-corrected chi connectivity index (χ1v) is 5.47. The SMILES string of the molecule is CCN(CC)c1cc(N)nc(C(C)C)n1. The molecule has 1 rings (SSSR count). The smallest absolute Gasteiger partial charge is 0.135 e. The summed E-state index contributed by atoms with van der Waals surface area (Å²) in [5.41, 5.74) is 5.77. The van der Waals surface area contributed by atoms with Crippen molar-refractivity contribution >= 4 is 11.6 Å². The van der Waals surface area contributed by atoms with Crippen LogP contribution < -0.4 is 10.6 Å². The van der Waals surface area contributed by atoms with Crippen LogP contribution in [-0.2, 0) is 0 Å². The Hall–Kier alpha value is -1.32. The van der Waals surface area contributed by atoms with Gasteiger partial charge in [-0.3, -0.25) is 0 Å². The van der Waals surface area contributed by atoms with Gasteiger partial charge in [0.15, 0.2) is 0 Å². The molecule has 0 radical (unpaired) electrons. The molecular formula is C11H20N4. The van der Waals surface area contributed by atoms with E-state index in [9.17, 15) is 0 Å². The Morgan fingerprint density at radius 1 is 1.27 bits per heavy atom. The molecule has 0 saturated heterocycles. The fourth-order valence-corrected chi connectivity index (χ4v) is 1.44. The molecule has 0 atom stereocenters. The fraction of sp³-hybridized carbons (Fsp3) is 0.636. The zero-order chi connectivity index (χ0) is 11.4. The van der Waals surface area contributed by atoms with Gasteiger partial charge in [-0.1, -0.05) is 13.8 Å². The van der Waals surface area contributed by atoms with Crippen LogP contribution in [-0.4, -0.2) is 23.1 Å². The van der Waals surface area contributed by atoms with Crippen LogP contribution in [0.25, 0.3) is 0 Å². The molecule has 1 aromatic heterocycles. The van der Waals surface area contributed by atoms with E-state index in [-0.39, 0.29) is 0 Å². The first kappa shape index (κ1) is 11.8. The molecule has 0 aliphatic carbocycles. The number of nitrogen functional groups attached to an aromatic ring is 1. The van der Waals surface area contributed by atoms with Gasteiger partial charge in [-0.2, -0.15) is 0 Å². The van der Waals surface area contributed by atoms with Gasteiger partial charge < -0.3 is 10.6 Å². The quantitative estimate of drug-likeness (QED) is 0.822. The Morgan fingerprint density at radius 3 is 2.33 bits per heavy atom. The highest BCUT2D eigenvalue weighted by atomic mass is 15.2. The van der Waals surface area contributed by atoms with Gasteiger partial charge in [-0.25, -0.2) is 9.97 Å². The number of nitrogens with zero attached hydrogens (tertiary/aromatic N) is 3. The predicted molar refractivity (Wildman–Crippen MR) is 64.1 cm³/mol. The van der Waals surface area contributed by atoms with Crippen molar-refractivity contribution in [2.45, 2.75) is 33.6 Å². The second-order valence-electron chi connectivity index (χ2n) is 3.84. The van der Waals surface area contributed by atoms with Gasteiger partial charge in [-0.15, -0.1) is 0 Å². The van der Waals surface area contributed by atoms with Crippen LogP contribution in [0.4, 0.5) is 11.6 Å². The van der Waals surface area contributed by atoms with Crippen molar-refractivity contribution in [3.8, 4) is 0 Å². The Bertz CT molecular complexity index is 318. The molecule has 0 aliphatic heterocycles. The van der Waals surface area contributed by atoms with E-state index >= 15 is 0 Å². The third kappa shape index (κ3) is 2.81. The number of rotatable bonds is 4. The van der Waals surface area contributed by atoms with E-state index in [0.29, 0.717) is 11.7 Å². The molecular weight excluding hydrogens is 188 g/mol. The summed E-state index contributed by atoms with van der Waals surface area (Å²) >= 11 is 0. The molecule has 2 N–H and O–H groups in total. The van der Waals surface area contributed by atoms with E-state index in [0.717, 1.165) is 24.7 Å². The topological polar surface area (TPSA) is 55.0 Å². The largest absolute Gasteiger partial charge is 0.384 e. The van der Waals surface area contributed by atoms with Crippen molar-refractivity contribution in [2.24, 2.45) is 0 Å². The van der Waals surface area contributed by atoms with Crippen LogP contribution in [0.5, 0.6) is 0 Å². The van der Waals surface area contributed by atoms with Gasteiger partial charge in [0.2, 0.25) is 0 Å². The number of anilines is 2. The maximum Gasteiger partial charge on any atom is 0.135 e. The van der Waals surface area contributed by atoms with Crippen LogP contribution in [0.15, 0.2) is 6.07 Å². The normalized spacial score (nSPS) is 10.7. The summed E-state index contributed by atoms with van der Waals surface area (Å²) < 4.78 is 0. The number of hydrogen-bond donors (Lipinski definition) is 1. The van der Waals surface area contributed by atoms with Crippen molar-refractivity contribution in [3.63, 3.8) is 0 Å². The summed E-state index contributed by atoms with van der Waals surface area (Å²) in [4.78, 5) is 10.9. The second kappa shape index (κ2) is 4.96. The molecule has 4 nitrogen and oxygen atoms in total. The van der Waals surface area contributed by atoms with E-state index < -0.39 is 0 Å². The molecule has 4 heteroatoms. The molecule has 0 aromatic carbocycles. The van der Waals surface area contributed by atoms with Gasteiger partial charge in [0.05, 0.1) is 0 Å². The van der Waals surface area contributed by atoms with Crippen molar-refractivity contribution in [1.82, 2.24) is 9.97 Å². The molecule has 0 unspecified atom stereocenters. The van der Waals surface area contributed by atoms with Gasteiger partial charge in [0, 0.05) is 25.1 Å². The van der Waals surface area contributed by atoms with Gasteiger partial charge in [0.1, 0.15) is 17.5 Å². The molecule has 0 bridgehead atoms. The van der Waals surface area contributed by atoms with Gasteiger partial charge in [0.25, 0.3) is 0 Å². The molecule has 0 fully saturated rings. The number of aromatic nitrogens is 2. The van der Waals surface area contributed by atoms with Crippen LogP contribution in [0, 0.1) is 0 Å². The van der Waals surface area contributed by atoms with E-state index in [1.54, 1.807) is 0 Å². The maximum atomic E-state index is 5.77. The molecule has 0 saturated carbocycles. The van der Waals surface area contributed by atoms with Crippen LogP contribution in [0.3, 0.4) is 0 Å². The molecule has 0 spiro atoms. The lowest BCUT2D eigenvalue weighted by molar-refractivity contribution is 0.758. The first-order chi connectivity index (χ1) is 7.08. The summed E-state index contributed by atoms with van der Waals surface area (Å²) in [6.07, 6.45) is 0. The minimum Gasteiger partial charge on any atom is -0.384 e. The summed E-state index contributed by atoms with van der Waals surface area (Å²) in [5.74, 6) is 2.60. The molecule has 1 aromatic rings. The summed E-state index contributed by atoms with van der Waals surface area (Å²) in [7, 11) is 0. The Kier molecular flexibility index (Phi) is 3.88. The summed E-state index contributed by atoms with van der Waals surface area (Å²) in [6, 6.07) is 1.83. The average molecular weight is 208 g/mol. The van der Waals surface area contributed by atoms with Crippen LogP contribution >= 0.6 is 0 Å². The highest BCUT2D eigenvalue weighted by Crippen LogP contribution is 2.17. The third-order valence-corrected chi connectivity index (χ3v) is 2.35. The van der Waals surface area contributed by atoms with Crippen molar-refractivity contribution < 1.29 is 0 Å². The van der Waals surface area contributed by atoms with E-state index in [2.05, 4.69) is 42.6 Å². The molecule has 84 valence electrons. The highest BCUT2D eigenvalue weighted by Gasteiger charge is 2.09. The van der Waals surface area contributed by atoms with E-state index in [1.165, 1.54) is 0 Å². The van der Waals surface area contributed by atoms with Crippen molar-refractivity contribution in [1.29, 1.82) is 0 Å². The lowest BCUT2D eigenvalue weighted by Crippen LogP contribution is -2.24. The maximum absolute atomic E-state index is 5.77. The summed E-state index contributed by atoms with van der Waals surface area (Å²) in [6.45, 7) is 10.2. The highest BCUT2D eigenvalue weighted by molar-refractivity contribution is 5.47. The van der Waals surface area contributed by atoms with Crippen LogP contribution in [0.1, 0.15) is 39.4 Å². The lowest BCUT2D eigenvalue weighted by Gasteiger charge is -2.20. The Labute approximate surface area is 91.5 Å². The second-order valence-corrected chi connectivity index (χ2v) is 3.84. The Balaban J connectivity index is 3.07. The predicted octanol–water partition coefficient (Wildman–Crippen LogP) is 2.03. The number of hydrogen-bond acceptors (Lipinski definition) is 4. The molecule has 1 heterocycles. The third-order valence-electron chi connectivity index (χ3n) is 2.35. The van der Waals surface area contributed by atoms with E-state index in [4.69, 9.17) is 5.73 Å². The van der Waals surface area contributed by atoms with Gasteiger partial charge >= 0.3 is 0 Å². The zero-order valence-corrected chi connectivity index (χ0v) is 9.99. The van der Waals surface area contributed by atoms with Gasteiger partial charge in [-0.05, 0) is 13.8 Å². The lowest BCUT2D eigenvalue weighted by atomic mass is 10.2. The molecule has 0 aliphatic rings. The Morgan fingerprint density at radius 2 is 1.87 bits per heavy atom. The minimum atomic E-state index is 0.308. The number of nitrogens with two attached hydrogens (primary N) is 1. The minimum absolute atomic E-state index is 0.308.